The van der Waals surface area contributed by atoms with Crippen molar-refractivity contribution in [3.63, 3.8) is 0 Å². The maximum atomic E-state index is 12.7. The van der Waals surface area contributed by atoms with E-state index in [2.05, 4.69) is 15.6 Å². The number of likely N-dealkylation sites (tertiary alicyclic amines) is 1. The molecule has 1 aliphatic heterocycles. The predicted molar refractivity (Wildman–Crippen MR) is 99.6 cm³/mol. The highest BCUT2D eigenvalue weighted by molar-refractivity contribution is 7.09. The van der Waals surface area contributed by atoms with Crippen LogP contribution in [0.1, 0.15) is 68.5 Å². The van der Waals surface area contributed by atoms with E-state index in [9.17, 15) is 9.59 Å². The van der Waals surface area contributed by atoms with E-state index >= 15 is 0 Å². The summed E-state index contributed by atoms with van der Waals surface area (Å²) in [6.45, 7) is 4.24. The Kier molecular flexibility index (Phi) is 6.45. The highest BCUT2D eigenvalue weighted by atomic mass is 32.1. The minimum absolute atomic E-state index is 0.0869. The molecule has 0 radical (unpaired) electrons. The lowest BCUT2D eigenvalue weighted by Gasteiger charge is -2.33. The van der Waals surface area contributed by atoms with Crippen LogP contribution in [0.3, 0.4) is 0 Å². The fourth-order valence-corrected chi connectivity index (χ4v) is 4.87. The highest BCUT2D eigenvalue weighted by Crippen LogP contribution is 2.32. The Bertz CT molecular complexity index is 595. The number of hydrogen-bond acceptors (Lipinski definition) is 4. The number of carbonyl (C=O) groups is 2. The zero-order chi connectivity index (χ0) is 17.6. The number of aromatic nitrogens is 1. The van der Waals surface area contributed by atoms with Crippen LogP contribution in [0.25, 0.3) is 0 Å². The molecule has 1 aliphatic carbocycles. The minimum Gasteiger partial charge on any atom is -0.356 e. The van der Waals surface area contributed by atoms with Crippen LogP contribution < -0.4 is 5.32 Å². The van der Waals surface area contributed by atoms with Gasteiger partial charge >= 0.3 is 0 Å². The molecule has 1 atom stereocenters. The monoisotopic (exact) mass is 363 g/mol. The van der Waals surface area contributed by atoms with Crippen molar-refractivity contribution < 1.29 is 9.59 Å². The van der Waals surface area contributed by atoms with Crippen molar-refractivity contribution in [2.24, 2.45) is 5.92 Å². The van der Waals surface area contributed by atoms with Gasteiger partial charge in [-0.1, -0.05) is 19.8 Å². The van der Waals surface area contributed by atoms with E-state index in [-0.39, 0.29) is 11.8 Å². The molecule has 0 bridgehead atoms. The molecule has 0 aromatic carbocycles. The molecule has 3 rings (SSSR count). The second-order valence-electron chi connectivity index (χ2n) is 7.24. The van der Waals surface area contributed by atoms with Gasteiger partial charge in [0.1, 0.15) is 0 Å². The lowest BCUT2D eigenvalue weighted by molar-refractivity contribution is -0.136. The summed E-state index contributed by atoms with van der Waals surface area (Å²) >= 11 is 1.70. The molecule has 0 spiro atoms. The maximum Gasteiger partial charge on any atom is 0.225 e. The van der Waals surface area contributed by atoms with Crippen LogP contribution in [0.2, 0.25) is 0 Å². The first-order valence-electron chi connectivity index (χ1n) is 9.67. The van der Waals surface area contributed by atoms with Crippen LogP contribution in [0.4, 0.5) is 0 Å². The number of amides is 2. The van der Waals surface area contributed by atoms with Crippen LogP contribution in [-0.2, 0) is 16.0 Å². The number of thiazole rings is 1. The fourth-order valence-electron chi connectivity index (χ4n) is 3.89. The van der Waals surface area contributed by atoms with Gasteiger partial charge in [-0.15, -0.1) is 11.3 Å². The van der Waals surface area contributed by atoms with Gasteiger partial charge in [0.05, 0.1) is 10.7 Å². The lowest BCUT2D eigenvalue weighted by Crippen LogP contribution is -2.41. The molecule has 2 heterocycles. The summed E-state index contributed by atoms with van der Waals surface area (Å²) in [7, 11) is 0. The Balaban J connectivity index is 1.53. The van der Waals surface area contributed by atoms with Crippen LogP contribution in [0, 0.1) is 5.92 Å². The van der Waals surface area contributed by atoms with Crippen molar-refractivity contribution in [1.82, 2.24) is 15.2 Å². The quantitative estimate of drug-likeness (QED) is 0.845. The van der Waals surface area contributed by atoms with Crippen molar-refractivity contribution >= 4 is 23.2 Å². The Morgan fingerprint density at radius 2 is 2.08 bits per heavy atom. The largest absolute Gasteiger partial charge is 0.356 e. The third-order valence-electron chi connectivity index (χ3n) is 5.38. The summed E-state index contributed by atoms with van der Waals surface area (Å²) < 4.78 is 0. The van der Waals surface area contributed by atoms with Gasteiger partial charge in [0.25, 0.3) is 0 Å². The summed E-state index contributed by atoms with van der Waals surface area (Å²) in [4.78, 5) is 30.8. The van der Waals surface area contributed by atoms with Crippen LogP contribution in [0.15, 0.2) is 5.38 Å². The first-order valence-corrected chi connectivity index (χ1v) is 10.5. The number of piperidine rings is 1. The molecule has 2 fully saturated rings. The predicted octanol–water partition coefficient (Wildman–Crippen LogP) is 3.11. The molecule has 1 aromatic rings. The fraction of sp³-hybridized carbons (Fsp3) is 0.737. The molecule has 25 heavy (non-hydrogen) atoms. The van der Waals surface area contributed by atoms with Crippen molar-refractivity contribution in [1.29, 1.82) is 0 Å². The van der Waals surface area contributed by atoms with Crippen molar-refractivity contribution in [3.05, 3.63) is 16.1 Å². The van der Waals surface area contributed by atoms with E-state index in [0.717, 1.165) is 55.9 Å². The molecule has 6 heteroatoms. The van der Waals surface area contributed by atoms with Gasteiger partial charge in [-0.3, -0.25) is 9.59 Å². The first kappa shape index (κ1) is 18.4. The van der Waals surface area contributed by atoms with Crippen molar-refractivity contribution in [3.8, 4) is 0 Å². The highest BCUT2D eigenvalue weighted by Gasteiger charge is 2.31. The summed E-state index contributed by atoms with van der Waals surface area (Å²) in [6.07, 6.45) is 8.05. The number of hydrogen-bond donors (Lipinski definition) is 1. The first-order chi connectivity index (χ1) is 12.2. The van der Waals surface area contributed by atoms with Gasteiger partial charge in [-0.05, 0) is 25.7 Å². The van der Waals surface area contributed by atoms with E-state index in [1.165, 1.54) is 12.8 Å². The average molecular weight is 364 g/mol. The molecule has 1 saturated heterocycles. The van der Waals surface area contributed by atoms with E-state index in [0.29, 0.717) is 24.8 Å². The second kappa shape index (κ2) is 8.79. The topological polar surface area (TPSA) is 62.3 Å². The Labute approximate surface area is 154 Å². The molecule has 5 nitrogen and oxygen atoms in total. The van der Waals surface area contributed by atoms with Crippen LogP contribution in [0.5, 0.6) is 0 Å². The van der Waals surface area contributed by atoms with Gasteiger partial charge in [-0.2, -0.15) is 0 Å². The molecule has 138 valence electrons. The van der Waals surface area contributed by atoms with Crippen LogP contribution in [-0.4, -0.2) is 41.3 Å². The standard InChI is InChI=1S/C19H29N3O2S/c1-2-17(23)20-10-9-16-13-25-18(21-16)15-8-5-11-22(12-15)19(24)14-6-3-4-7-14/h13-15H,2-12H2,1H3,(H,20,23). The molecule has 1 aromatic heterocycles. The number of carbonyl (C=O) groups excluding carboxylic acids is 2. The Hall–Kier alpha value is -1.43. The molecule has 1 unspecified atom stereocenters. The normalized spacial score (nSPS) is 21.5. The Morgan fingerprint density at radius 3 is 2.84 bits per heavy atom. The molecule has 2 aliphatic rings. The lowest BCUT2D eigenvalue weighted by atomic mass is 9.96. The third-order valence-corrected chi connectivity index (χ3v) is 6.44. The second-order valence-corrected chi connectivity index (χ2v) is 8.13. The minimum atomic E-state index is 0.0869. The number of nitrogens with zero attached hydrogens (tertiary/aromatic N) is 2. The summed E-state index contributed by atoms with van der Waals surface area (Å²) in [5.41, 5.74) is 1.05. The van der Waals surface area contributed by atoms with E-state index < -0.39 is 0 Å². The number of rotatable bonds is 6. The van der Waals surface area contributed by atoms with Crippen molar-refractivity contribution in [2.75, 3.05) is 19.6 Å². The van der Waals surface area contributed by atoms with Gasteiger partial charge in [0.2, 0.25) is 11.8 Å². The summed E-state index contributed by atoms with van der Waals surface area (Å²) in [5, 5.41) is 6.15. The van der Waals surface area contributed by atoms with Gasteiger partial charge in [0.15, 0.2) is 0 Å². The maximum absolute atomic E-state index is 12.7. The SMILES string of the molecule is CCC(=O)NCCc1csc(C2CCCN(C(=O)C3CCCC3)C2)n1. The number of nitrogens with one attached hydrogen (secondary N) is 1. The molecular formula is C19H29N3O2S. The molecular weight excluding hydrogens is 334 g/mol. The van der Waals surface area contributed by atoms with Gasteiger partial charge in [-0.25, -0.2) is 4.98 Å². The third kappa shape index (κ3) is 4.81. The van der Waals surface area contributed by atoms with Crippen LogP contribution >= 0.6 is 11.3 Å². The molecule has 1 saturated carbocycles. The smallest absolute Gasteiger partial charge is 0.225 e. The average Bonchev–Trinajstić information content (AvgIpc) is 3.33. The molecule has 1 N–H and O–H groups in total. The summed E-state index contributed by atoms with van der Waals surface area (Å²) in [6, 6.07) is 0. The van der Waals surface area contributed by atoms with Crippen molar-refractivity contribution in [2.45, 2.75) is 64.2 Å². The van der Waals surface area contributed by atoms with E-state index in [1.807, 2.05) is 6.92 Å². The van der Waals surface area contributed by atoms with Gasteiger partial charge < -0.3 is 10.2 Å². The Morgan fingerprint density at radius 1 is 1.28 bits per heavy atom. The van der Waals surface area contributed by atoms with E-state index in [1.54, 1.807) is 11.3 Å². The van der Waals surface area contributed by atoms with E-state index in [4.69, 9.17) is 4.98 Å². The van der Waals surface area contributed by atoms with Gasteiger partial charge in [0, 0.05) is 49.7 Å². The molecule has 2 amide bonds. The zero-order valence-corrected chi connectivity index (χ0v) is 15.9. The zero-order valence-electron chi connectivity index (χ0n) is 15.1. The summed E-state index contributed by atoms with van der Waals surface area (Å²) in [5.74, 6) is 1.11.